The van der Waals surface area contributed by atoms with E-state index >= 15 is 0 Å². The van der Waals surface area contributed by atoms with Crippen LogP contribution in [0.25, 0.3) is 0 Å². The molecule has 0 aromatic heterocycles. The van der Waals surface area contributed by atoms with Gasteiger partial charge in [-0.1, -0.05) is 42.5 Å². The lowest BCUT2D eigenvalue weighted by Gasteiger charge is -2.39. The van der Waals surface area contributed by atoms with Crippen LogP contribution in [0.2, 0.25) is 0 Å². The molecule has 1 aliphatic rings. The van der Waals surface area contributed by atoms with Crippen LogP contribution in [0.15, 0.2) is 54.6 Å². The van der Waals surface area contributed by atoms with Gasteiger partial charge in [-0.2, -0.15) is 0 Å². The molecule has 2 aromatic rings. The lowest BCUT2D eigenvalue weighted by atomic mass is 9.96. The Balaban J connectivity index is 1.83. The average molecular weight is 413 g/mol. The third-order valence-corrected chi connectivity index (χ3v) is 5.34. The number of ether oxygens (including phenoxy) is 1. The SMILES string of the molecule is CN(C)CCC(NC(=O)C1OCC(=O)N(C)C1c1ccccc1)c1ccc(F)cc1. The Bertz CT molecular complexity index is 858. The molecule has 0 aliphatic carbocycles. The summed E-state index contributed by atoms with van der Waals surface area (Å²) in [7, 11) is 5.60. The molecule has 160 valence electrons. The highest BCUT2D eigenvalue weighted by Crippen LogP contribution is 2.30. The zero-order valence-electron chi connectivity index (χ0n) is 17.5. The molecule has 0 saturated carbocycles. The third kappa shape index (κ3) is 5.23. The largest absolute Gasteiger partial charge is 0.356 e. The number of benzene rings is 2. The van der Waals surface area contributed by atoms with Gasteiger partial charge in [0.1, 0.15) is 12.4 Å². The Morgan fingerprint density at radius 1 is 1.20 bits per heavy atom. The number of carbonyl (C=O) groups excluding carboxylic acids is 2. The summed E-state index contributed by atoms with van der Waals surface area (Å²) in [6.45, 7) is 0.602. The van der Waals surface area contributed by atoms with E-state index in [1.165, 1.54) is 12.1 Å². The first-order valence-electron chi connectivity index (χ1n) is 9.99. The number of nitrogens with zero attached hydrogens (tertiary/aromatic N) is 2. The van der Waals surface area contributed by atoms with Gasteiger partial charge in [0.15, 0.2) is 6.10 Å². The van der Waals surface area contributed by atoms with Crippen molar-refractivity contribution < 1.29 is 18.7 Å². The summed E-state index contributed by atoms with van der Waals surface area (Å²) in [6.07, 6.45) is -0.181. The van der Waals surface area contributed by atoms with Crippen LogP contribution in [-0.2, 0) is 14.3 Å². The maximum atomic E-state index is 13.4. The molecule has 0 radical (unpaired) electrons. The van der Waals surface area contributed by atoms with Crippen LogP contribution in [0.4, 0.5) is 4.39 Å². The number of hydrogen-bond acceptors (Lipinski definition) is 4. The first kappa shape index (κ1) is 21.9. The van der Waals surface area contributed by atoms with Gasteiger partial charge < -0.3 is 19.9 Å². The summed E-state index contributed by atoms with van der Waals surface area (Å²) >= 11 is 0. The summed E-state index contributed by atoms with van der Waals surface area (Å²) in [6, 6.07) is 14.7. The first-order valence-corrected chi connectivity index (χ1v) is 9.99. The van der Waals surface area contributed by atoms with E-state index in [9.17, 15) is 14.0 Å². The highest BCUT2D eigenvalue weighted by molar-refractivity contribution is 5.86. The van der Waals surface area contributed by atoms with Crippen LogP contribution < -0.4 is 5.32 Å². The van der Waals surface area contributed by atoms with Gasteiger partial charge in [-0.05, 0) is 50.3 Å². The fourth-order valence-corrected chi connectivity index (χ4v) is 3.64. The Kier molecular flexibility index (Phi) is 7.18. The van der Waals surface area contributed by atoms with Crippen LogP contribution in [-0.4, -0.2) is 62.0 Å². The van der Waals surface area contributed by atoms with Crippen molar-refractivity contribution in [3.05, 3.63) is 71.5 Å². The standard InChI is InChI=1S/C23H28FN3O3/c1-26(2)14-13-19(16-9-11-18(24)12-10-16)25-23(29)22-21(17-7-5-4-6-8-17)27(3)20(28)15-30-22/h4-12,19,21-22H,13-15H2,1-3H3,(H,25,29). The molecule has 6 nitrogen and oxygen atoms in total. The number of morpholine rings is 1. The number of halogens is 1. The second kappa shape index (κ2) is 9.82. The average Bonchev–Trinajstić information content (AvgIpc) is 2.74. The van der Waals surface area contributed by atoms with Crippen LogP contribution >= 0.6 is 0 Å². The van der Waals surface area contributed by atoms with Crippen molar-refractivity contribution in [3.8, 4) is 0 Å². The van der Waals surface area contributed by atoms with Crippen LogP contribution in [0, 0.1) is 5.82 Å². The van der Waals surface area contributed by atoms with E-state index in [2.05, 4.69) is 5.32 Å². The summed E-state index contributed by atoms with van der Waals surface area (Å²) in [5, 5.41) is 3.06. The van der Waals surface area contributed by atoms with Crippen molar-refractivity contribution in [1.29, 1.82) is 0 Å². The number of carbonyl (C=O) groups is 2. The zero-order chi connectivity index (χ0) is 21.7. The van der Waals surface area contributed by atoms with Gasteiger partial charge in [-0.15, -0.1) is 0 Å². The Morgan fingerprint density at radius 2 is 1.87 bits per heavy atom. The molecule has 2 amide bonds. The summed E-state index contributed by atoms with van der Waals surface area (Å²) in [4.78, 5) is 29.1. The topological polar surface area (TPSA) is 61.9 Å². The Morgan fingerprint density at radius 3 is 2.50 bits per heavy atom. The summed E-state index contributed by atoms with van der Waals surface area (Å²) < 4.78 is 19.1. The van der Waals surface area contributed by atoms with Gasteiger partial charge in [0.2, 0.25) is 5.91 Å². The molecular weight excluding hydrogens is 385 g/mol. The van der Waals surface area contributed by atoms with Crippen molar-refractivity contribution >= 4 is 11.8 Å². The van der Waals surface area contributed by atoms with Gasteiger partial charge in [0.25, 0.3) is 5.91 Å². The second-order valence-corrected chi connectivity index (χ2v) is 7.80. The van der Waals surface area contributed by atoms with Gasteiger partial charge in [0, 0.05) is 7.05 Å². The van der Waals surface area contributed by atoms with Gasteiger partial charge in [-0.3, -0.25) is 9.59 Å². The van der Waals surface area contributed by atoms with E-state index in [4.69, 9.17) is 4.74 Å². The molecule has 3 unspecified atom stereocenters. The van der Waals surface area contributed by atoms with Crippen LogP contribution in [0.1, 0.15) is 29.6 Å². The van der Waals surface area contributed by atoms with Crippen molar-refractivity contribution in [1.82, 2.24) is 15.1 Å². The maximum absolute atomic E-state index is 13.4. The predicted molar refractivity (Wildman–Crippen MR) is 112 cm³/mol. The fraction of sp³-hybridized carbons (Fsp3) is 0.391. The first-order chi connectivity index (χ1) is 14.4. The van der Waals surface area contributed by atoms with Crippen molar-refractivity contribution in [3.63, 3.8) is 0 Å². The van der Waals surface area contributed by atoms with E-state index in [-0.39, 0.29) is 30.3 Å². The van der Waals surface area contributed by atoms with Crippen molar-refractivity contribution in [2.75, 3.05) is 34.3 Å². The van der Waals surface area contributed by atoms with Gasteiger partial charge in [0.05, 0.1) is 12.1 Å². The number of rotatable bonds is 7. The van der Waals surface area contributed by atoms with E-state index < -0.39 is 12.1 Å². The van der Waals surface area contributed by atoms with Gasteiger partial charge >= 0.3 is 0 Å². The lowest BCUT2D eigenvalue weighted by molar-refractivity contribution is -0.162. The molecule has 2 aromatic carbocycles. The highest BCUT2D eigenvalue weighted by Gasteiger charge is 2.40. The minimum Gasteiger partial charge on any atom is -0.356 e. The minimum atomic E-state index is -0.836. The molecule has 1 saturated heterocycles. The maximum Gasteiger partial charge on any atom is 0.252 e. The molecule has 1 heterocycles. The summed E-state index contributed by atoms with van der Waals surface area (Å²) in [5.74, 6) is -0.789. The van der Waals surface area contributed by atoms with Crippen molar-refractivity contribution in [2.45, 2.75) is 24.6 Å². The molecule has 1 aliphatic heterocycles. The highest BCUT2D eigenvalue weighted by atomic mass is 19.1. The lowest BCUT2D eigenvalue weighted by Crippen LogP contribution is -2.53. The zero-order valence-corrected chi connectivity index (χ0v) is 17.5. The van der Waals surface area contributed by atoms with E-state index in [1.807, 2.05) is 49.3 Å². The molecule has 3 atom stereocenters. The molecule has 0 spiro atoms. The quantitative estimate of drug-likeness (QED) is 0.758. The van der Waals surface area contributed by atoms with Gasteiger partial charge in [-0.25, -0.2) is 4.39 Å². The molecule has 1 N–H and O–H groups in total. The van der Waals surface area contributed by atoms with Crippen LogP contribution in [0.5, 0.6) is 0 Å². The normalized spacial score (nSPS) is 20.3. The van der Waals surface area contributed by atoms with Crippen molar-refractivity contribution in [2.24, 2.45) is 0 Å². The van der Waals surface area contributed by atoms with E-state index in [1.54, 1.807) is 24.1 Å². The monoisotopic (exact) mass is 413 g/mol. The van der Waals surface area contributed by atoms with E-state index in [0.717, 1.165) is 17.7 Å². The molecule has 7 heteroatoms. The summed E-state index contributed by atoms with van der Waals surface area (Å²) in [5.41, 5.74) is 1.66. The fourth-order valence-electron chi connectivity index (χ4n) is 3.64. The smallest absolute Gasteiger partial charge is 0.252 e. The number of amides is 2. The Labute approximate surface area is 176 Å². The minimum absolute atomic E-state index is 0.142. The third-order valence-electron chi connectivity index (χ3n) is 5.34. The molecule has 3 rings (SSSR count). The second-order valence-electron chi connectivity index (χ2n) is 7.80. The molecule has 1 fully saturated rings. The molecule has 0 bridgehead atoms. The number of nitrogens with one attached hydrogen (secondary N) is 1. The molecular formula is C23H28FN3O3. The predicted octanol–water partition coefficient (Wildman–Crippen LogP) is 2.53. The van der Waals surface area contributed by atoms with Crippen LogP contribution in [0.3, 0.4) is 0 Å². The van der Waals surface area contributed by atoms with E-state index in [0.29, 0.717) is 6.42 Å². The molecule has 30 heavy (non-hydrogen) atoms. The number of hydrogen-bond donors (Lipinski definition) is 1. The Hall–Kier alpha value is -2.77. The number of likely N-dealkylation sites (N-methyl/N-ethyl adjacent to an activating group) is 1.